The lowest BCUT2D eigenvalue weighted by Gasteiger charge is -2.08. The van der Waals surface area contributed by atoms with Crippen molar-refractivity contribution in [2.75, 3.05) is 0 Å². The fourth-order valence-electron chi connectivity index (χ4n) is 1.32. The Morgan fingerprint density at radius 2 is 2.18 bits per heavy atom. The number of nitrogens with zero attached hydrogens (tertiary/aromatic N) is 3. The number of hydrogen-bond acceptors (Lipinski definition) is 4. The summed E-state index contributed by atoms with van der Waals surface area (Å²) < 4.78 is 6.47. The molecule has 0 aliphatic carbocycles. The van der Waals surface area contributed by atoms with Gasteiger partial charge in [-0.05, 0) is 28.4 Å². The highest BCUT2D eigenvalue weighted by Gasteiger charge is 2.10. The Balaban J connectivity index is 2.33. The monoisotopic (exact) mass is 313 g/mol. The van der Waals surface area contributed by atoms with Crippen LogP contribution < -0.4 is 4.74 Å². The van der Waals surface area contributed by atoms with Gasteiger partial charge in [0, 0.05) is 10.7 Å². The Bertz CT molecular complexity index is 536. The lowest BCUT2D eigenvalue weighted by molar-refractivity contribution is 0.452. The van der Waals surface area contributed by atoms with Crippen molar-refractivity contribution in [3.63, 3.8) is 0 Å². The highest BCUT2D eigenvalue weighted by molar-refractivity contribution is 9.10. The second-order valence-corrected chi connectivity index (χ2v) is 4.52. The van der Waals surface area contributed by atoms with Crippen LogP contribution in [0.15, 0.2) is 29.3 Å². The van der Waals surface area contributed by atoms with Crippen LogP contribution in [0.3, 0.4) is 0 Å². The summed E-state index contributed by atoms with van der Waals surface area (Å²) in [5.74, 6) is 1.07. The Morgan fingerprint density at radius 1 is 1.35 bits per heavy atom. The zero-order chi connectivity index (χ0) is 12.3. The maximum absolute atomic E-state index is 5.97. The molecule has 0 spiro atoms. The van der Waals surface area contributed by atoms with Crippen LogP contribution in [0.25, 0.3) is 0 Å². The van der Waals surface area contributed by atoms with Crippen LogP contribution in [0, 0.1) is 0 Å². The van der Waals surface area contributed by atoms with Gasteiger partial charge in [0.2, 0.25) is 5.88 Å². The van der Waals surface area contributed by atoms with Gasteiger partial charge in [0.15, 0.2) is 0 Å². The van der Waals surface area contributed by atoms with Gasteiger partial charge >= 0.3 is 0 Å². The van der Waals surface area contributed by atoms with Crippen LogP contribution in [0.1, 0.15) is 12.5 Å². The van der Waals surface area contributed by atoms with Gasteiger partial charge in [-0.15, -0.1) is 0 Å². The molecule has 0 fully saturated rings. The minimum atomic E-state index is 0.417. The van der Waals surface area contributed by atoms with Crippen LogP contribution in [0.4, 0.5) is 0 Å². The normalized spacial score (nSPS) is 10.3. The van der Waals surface area contributed by atoms with Gasteiger partial charge in [-0.1, -0.05) is 18.5 Å². The van der Waals surface area contributed by atoms with Gasteiger partial charge < -0.3 is 4.74 Å². The topological polar surface area (TPSA) is 47.9 Å². The average Bonchev–Trinajstić information content (AvgIpc) is 2.29. The van der Waals surface area contributed by atoms with Crippen LogP contribution in [0.2, 0.25) is 5.15 Å². The third-order valence-electron chi connectivity index (χ3n) is 2.10. The molecule has 0 saturated heterocycles. The third-order valence-corrected chi connectivity index (χ3v) is 2.86. The van der Waals surface area contributed by atoms with Crippen molar-refractivity contribution >= 4 is 27.5 Å². The smallest absolute Gasteiger partial charge is 0.227 e. The lowest BCUT2D eigenvalue weighted by atomic mass is 10.2. The first-order chi connectivity index (χ1) is 8.20. The standard InChI is InChI=1S/C11H9BrClN3O/c1-2-9-10(13)15-6-16-11(9)17-8-3-7(12)4-14-5-8/h3-6H,2H2,1H3. The molecule has 0 amide bonds. The molecule has 0 radical (unpaired) electrons. The van der Waals surface area contributed by atoms with Crippen LogP contribution in [-0.2, 0) is 6.42 Å². The first-order valence-corrected chi connectivity index (χ1v) is 6.15. The molecular weight excluding hydrogens is 305 g/mol. The van der Waals surface area contributed by atoms with E-state index in [2.05, 4.69) is 30.9 Å². The Hall–Kier alpha value is -1.20. The largest absolute Gasteiger partial charge is 0.437 e. The predicted octanol–water partition coefficient (Wildman–Crippen LogP) is 3.64. The van der Waals surface area contributed by atoms with Crippen LogP contribution in [0.5, 0.6) is 11.6 Å². The molecule has 88 valence electrons. The summed E-state index contributed by atoms with van der Waals surface area (Å²) >= 11 is 9.30. The van der Waals surface area contributed by atoms with Crippen molar-refractivity contribution in [3.05, 3.63) is 40.0 Å². The van der Waals surface area contributed by atoms with E-state index in [0.717, 1.165) is 10.0 Å². The van der Waals surface area contributed by atoms with E-state index in [1.54, 1.807) is 12.4 Å². The van der Waals surface area contributed by atoms with E-state index in [9.17, 15) is 0 Å². The molecule has 17 heavy (non-hydrogen) atoms. The van der Waals surface area contributed by atoms with E-state index in [1.807, 2.05) is 13.0 Å². The number of halogens is 2. The summed E-state index contributed by atoms with van der Waals surface area (Å²) in [6.07, 6.45) is 5.37. The van der Waals surface area contributed by atoms with E-state index < -0.39 is 0 Å². The molecule has 0 aromatic carbocycles. The molecule has 2 aromatic heterocycles. The predicted molar refractivity (Wildman–Crippen MR) is 68.4 cm³/mol. The minimum Gasteiger partial charge on any atom is -0.437 e. The lowest BCUT2D eigenvalue weighted by Crippen LogP contribution is -1.96. The van der Waals surface area contributed by atoms with E-state index in [1.165, 1.54) is 6.33 Å². The summed E-state index contributed by atoms with van der Waals surface area (Å²) in [4.78, 5) is 12.0. The van der Waals surface area contributed by atoms with Gasteiger partial charge in [0.05, 0.1) is 11.8 Å². The van der Waals surface area contributed by atoms with Crippen LogP contribution >= 0.6 is 27.5 Å². The molecule has 0 N–H and O–H groups in total. The number of hydrogen-bond donors (Lipinski definition) is 0. The first kappa shape index (κ1) is 12.3. The number of ether oxygens (including phenoxy) is 1. The highest BCUT2D eigenvalue weighted by atomic mass is 79.9. The quantitative estimate of drug-likeness (QED) is 0.812. The molecular formula is C11H9BrClN3O. The van der Waals surface area contributed by atoms with Crippen molar-refractivity contribution in [2.45, 2.75) is 13.3 Å². The molecule has 0 atom stereocenters. The average molecular weight is 315 g/mol. The molecule has 4 nitrogen and oxygen atoms in total. The van der Waals surface area contributed by atoms with Gasteiger partial charge in [-0.2, -0.15) is 0 Å². The summed E-state index contributed by atoms with van der Waals surface area (Å²) in [5.41, 5.74) is 0.786. The Morgan fingerprint density at radius 3 is 2.88 bits per heavy atom. The molecule has 0 aliphatic rings. The van der Waals surface area contributed by atoms with E-state index in [0.29, 0.717) is 23.2 Å². The zero-order valence-corrected chi connectivity index (χ0v) is 11.4. The molecule has 0 bridgehead atoms. The molecule has 2 rings (SSSR count). The SMILES string of the molecule is CCc1c(Cl)ncnc1Oc1cncc(Br)c1. The van der Waals surface area contributed by atoms with Crippen molar-refractivity contribution in [3.8, 4) is 11.6 Å². The second kappa shape index (κ2) is 5.42. The summed E-state index contributed by atoms with van der Waals surface area (Å²) in [6, 6.07) is 1.81. The molecule has 2 heterocycles. The van der Waals surface area contributed by atoms with E-state index >= 15 is 0 Å². The number of rotatable bonds is 3. The van der Waals surface area contributed by atoms with Gasteiger partial charge in [-0.3, -0.25) is 4.98 Å². The molecule has 0 unspecified atom stereocenters. The highest BCUT2D eigenvalue weighted by Crippen LogP contribution is 2.27. The number of pyridine rings is 1. The third kappa shape index (κ3) is 2.92. The summed E-state index contributed by atoms with van der Waals surface area (Å²) in [5, 5.41) is 0.417. The van der Waals surface area contributed by atoms with Crippen molar-refractivity contribution in [1.82, 2.24) is 15.0 Å². The second-order valence-electron chi connectivity index (χ2n) is 3.24. The van der Waals surface area contributed by atoms with Crippen molar-refractivity contribution in [1.29, 1.82) is 0 Å². The minimum absolute atomic E-state index is 0.417. The maximum atomic E-state index is 5.97. The first-order valence-electron chi connectivity index (χ1n) is 4.98. The van der Waals surface area contributed by atoms with Gasteiger partial charge in [0.25, 0.3) is 0 Å². The Labute approximate surface area is 112 Å². The molecule has 6 heteroatoms. The van der Waals surface area contributed by atoms with Crippen molar-refractivity contribution in [2.24, 2.45) is 0 Å². The number of aromatic nitrogens is 3. The fourth-order valence-corrected chi connectivity index (χ4v) is 1.92. The zero-order valence-electron chi connectivity index (χ0n) is 9.02. The van der Waals surface area contributed by atoms with Crippen LogP contribution in [-0.4, -0.2) is 15.0 Å². The fraction of sp³-hybridized carbons (Fsp3) is 0.182. The van der Waals surface area contributed by atoms with Crippen molar-refractivity contribution < 1.29 is 4.74 Å². The van der Waals surface area contributed by atoms with E-state index in [4.69, 9.17) is 16.3 Å². The van der Waals surface area contributed by atoms with Gasteiger partial charge in [0.1, 0.15) is 17.2 Å². The molecule has 0 aliphatic heterocycles. The maximum Gasteiger partial charge on any atom is 0.227 e. The van der Waals surface area contributed by atoms with E-state index in [-0.39, 0.29) is 0 Å². The Kier molecular flexibility index (Phi) is 3.91. The molecule has 2 aromatic rings. The summed E-state index contributed by atoms with van der Waals surface area (Å²) in [7, 11) is 0. The summed E-state index contributed by atoms with van der Waals surface area (Å²) in [6.45, 7) is 1.97. The molecule has 0 saturated carbocycles. The van der Waals surface area contributed by atoms with Gasteiger partial charge in [-0.25, -0.2) is 9.97 Å².